The Bertz CT molecular complexity index is 695. The summed E-state index contributed by atoms with van der Waals surface area (Å²) in [5.41, 5.74) is 8.19. The molecular formula is C12H14N4S3. The fraction of sp³-hybridized carbons (Fsp3) is 0.333. The Morgan fingerprint density at radius 2 is 2.26 bits per heavy atom. The number of rotatable bonds is 4. The van der Waals surface area contributed by atoms with E-state index in [-0.39, 0.29) is 6.04 Å². The summed E-state index contributed by atoms with van der Waals surface area (Å²) in [6.45, 7) is 4.03. The second-order valence-electron chi connectivity index (χ2n) is 4.46. The predicted octanol–water partition coefficient (Wildman–Crippen LogP) is 3.20. The summed E-state index contributed by atoms with van der Waals surface area (Å²) in [5, 5.41) is 5.14. The van der Waals surface area contributed by atoms with Crippen LogP contribution < -0.4 is 5.73 Å². The highest BCUT2D eigenvalue weighted by Crippen LogP contribution is 2.34. The largest absolute Gasteiger partial charge is 0.328 e. The number of nitrogens with zero attached hydrogens (tertiary/aromatic N) is 3. The molecule has 2 N–H and O–H groups in total. The van der Waals surface area contributed by atoms with Crippen LogP contribution in [0.4, 0.5) is 0 Å². The van der Waals surface area contributed by atoms with Gasteiger partial charge in [-0.15, -0.1) is 22.7 Å². The zero-order chi connectivity index (χ0) is 13.4. The van der Waals surface area contributed by atoms with Gasteiger partial charge < -0.3 is 5.73 Å². The second-order valence-corrected chi connectivity index (χ2v) is 7.42. The maximum absolute atomic E-state index is 5.95. The number of nitrogens with two attached hydrogens (primary N) is 1. The van der Waals surface area contributed by atoms with Gasteiger partial charge in [-0.2, -0.15) is 0 Å². The van der Waals surface area contributed by atoms with Crippen LogP contribution in [0.15, 0.2) is 26.3 Å². The maximum Gasteiger partial charge on any atom is 0.194 e. The molecule has 19 heavy (non-hydrogen) atoms. The summed E-state index contributed by atoms with van der Waals surface area (Å²) in [5.74, 6) is 0. The van der Waals surface area contributed by atoms with Gasteiger partial charge in [0.2, 0.25) is 0 Å². The van der Waals surface area contributed by atoms with E-state index in [2.05, 4.69) is 31.3 Å². The van der Waals surface area contributed by atoms with Crippen molar-refractivity contribution in [1.82, 2.24) is 14.4 Å². The molecule has 0 saturated heterocycles. The second kappa shape index (κ2) is 5.24. The topological polar surface area (TPSA) is 56.2 Å². The number of hydrogen-bond donors (Lipinski definition) is 1. The Morgan fingerprint density at radius 1 is 1.42 bits per heavy atom. The Morgan fingerprint density at radius 3 is 2.95 bits per heavy atom. The van der Waals surface area contributed by atoms with E-state index in [0.717, 1.165) is 26.4 Å². The van der Waals surface area contributed by atoms with Gasteiger partial charge in [-0.05, 0) is 25.6 Å². The summed E-state index contributed by atoms with van der Waals surface area (Å²) >= 11 is 4.94. The summed E-state index contributed by atoms with van der Waals surface area (Å²) in [7, 11) is 0. The lowest BCUT2D eigenvalue weighted by atomic mass is 10.2. The summed E-state index contributed by atoms with van der Waals surface area (Å²) in [6.07, 6.45) is 2.88. The van der Waals surface area contributed by atoms with E-state index < -0.39 is 0 Å². The number of fused-ring (bicyclic) bond motifs is 1. The Labute approximate surface area is 123 Å². The highest BCUT2D eigenvalue weighted by atomic mass is 32.2. The lowest BCUT2D eigenvalue weighted by molar-refractivity contribution is 0.706. The fourth-order valence-electron chi connectivity index (χ4n) is 1.85. The average Bonchev–Trinajstić information content (AvgIpc) is 2.99. The minimum absolute atomic E-state index is 0.122. The van der Waals surface area contributed by atoms with Crippen molar-refractivity contribution in [2.75, 3.05) is 0 Å². The molecule has 0 saturated carbocycles. The van der Waals surface area contributed by atoms with Crippen molar-refractivity contribution < 1.29 is 0 Å². The Hall–Kier alpha value is -0.890. The molecule has 0 aliphatic heterocycles. The zero-order valence-corrected chi connectivity index (χ0v) is 13.1. The molecular weight excluding hydrogens is 296 g/mol. The van der Waals surface area contributed by atoms with Crippen LogP contribution in [-0.2, 0) is 6.42 Å². The van der Waals surface area contributed by atoms with Crippen molar-refractivity contribution in [3.8, 4) is 0 Å². The lowest BCUT2D eigenvalue weighted by Gasteiger charge is -2.05. The number of aryl methyl sites for hydroxylation is 1. The average molecular weight is 310 g/mol. The highest BCUT2D eigenvalue weighted by molar-refractivity contribution is 8.01. The van der Waals surface area contributed by atoms with Crippen LogP contribution in [0.5, 0.6) is 0 Å². The van der Waals surface area contributed by atoms with Gasteiger partial charge in [0.25, 0.3) is 0 Å². The van der Waals surface area contributed by atoms with Gasteiger partial charge in [-0.3, -0.25) is 4.40 Å². The van der Waals surface area contributed by atoms with Crippen LogP contribution in [-0.4, -0.2) is 20.4 Å². The molecule has 0 fully saturated rings. The number of thiazole rings is 2. The van der Waals surface area contributed by atoms with Gasteiger partial charge in [-0.25, -0.2) is 9.97 Å². The first-order chi connectivity index (χ1) is 9.13. The summed E-state index contributed by atoms with van der Waals surface area (Å²) < 4.78 is 3.17. The molecule has 1 unspecified atom stereocenters. The van der Waals surface area contributed by atoms with Crippen molar-refractivity contribution >= 4 is 39.4 Å². The molecule has 3 rings (SSSR count). The normalized spacial score (nSPS) is 13.2. The maximum atomic E-state index is 5.95. The molecule has 1 atom stereocenters. The molecule has 3 aromatic heterocycles. The van der Waals surface area contributed by atoms with E-state index in [1.54, 1.807) is 34.4 Å². The zero-order valence-electron chi connectivity index (χ0n) is 10.7. The first-order valence-electron chi connectivity index (χ1n) is 5.93. The highest BCUT2D eigenvalue weighted by Gasteiger charge is 2.16. The first-order valence-corrected chi connectivity index (χ1v) is 8.51. The Balaban J connectivity index is 1.99. The molecule has 4 nitrogen and oxygen atoms in total. The predicted molar refractivity (Wildman–Crippen MR) is 81.4 cm³/mol. The summed E-state index contributed by atoms with van der Waals surface area (Å²) in [6, 6.07) is 0.122. The molecule has 100 valence electrons. The van der Waals surface area contributed by atoms with Gasteiger partial charge >= 0.3 is 0 Å². The third kappa shape index (κ3) is 2.69. The van der Waals surface area contributed by atoms with E-state index in [9.17, 15) is 0 Å². The smallest absolute Gasteiger partial charge is 0.194 e. The van der Waals surface area contributed by atoms with Crippen molar-refractivity contribution in [1.29, 1.82) is 0 Å². The van der Waals surface area contributed by atoms with Crippen molar-refractivity contribution in [2.45, 2.75) is 35.7 Å². The van der Waals surface area contributed by atoms with E-state index in [0.29, 0.717) is 0 Å². The number of hydrogen-bond acceptors (Lipinski definition) is 6. The quantitative estimate of drug-likeness (QED) is 0.804. The van der Waals surface area contributed by atoms with Gasteiger partial charge in [-0.1, -0.05) is 0 Å². The standard InChI is InChI=1S/C12H14N4S3/c1-7(13)5-9-10(15-11-16(9)3-4-17-11)19-12-14-8(2)6-18-12/h3-4,6-7H,5,13H2,1-2H3. The Kier molecular flexibility index (Phi) is 3.62. The van der Waals surface area contributed by atoms with Crippen molar-refractivity contribution in [2.24, 2.45) is 5.73 Å². The monoisotopic (exact) mass is 310 g/mol. The fourth-order valence-corrected chi connectivity index (χ4v) is 4.52. The molecule has 0 aliphatic carbocycles. The summed E-state index contributed by atoms with van der Waals surface area (Å²) in [4.78, 5) is 10.2. The minimum atomic E-state index is 0.122. The number of aromatic nitrogens is 3. The molecule has 0 radical (unpaired) electrons. The lowest BCUT2D eigenvalue weighted by Crippen LogP contribution is -2.19. The van der Waals surface area contributed by atoms with Crippen LogP contribution in [0.3, 0.4) is 0 Å². The molecule has 3 aromatic rings. The number of imidazole rings is 1. The van der Waals surface area contributed by atoms with Crippen LogP contribution in [0.1, 0.15) is 18.3 Å². The molecule has 0 amide bonds. The third-order valence-electron chi connectivity index (χ3n) is 2.62. The molecule has 3 heterocycles. The SMILES string of the molecule is Cc1csc(Sc2nc3sccn3c2CC(C)N)n1. The molecule has 0 spiro atoms. The van der Waals surface area contributed by atoms with E-state index >= 15 is 0 Å². The van der Waals surface area contributed by atoms with Gasteiger partial charge in [0.1, 0.15) is 5.03 Å². The van der Waals surface area contributed by atoms with E-state index in [1.807, 2.05) is 13.8 Å². The van der Waals surface area contributed by atoms with Crippen LogP contribution >= 0.6 is 34.4 Å². The molecule has 0 aromatic carbocycles. The van der Waals surface area contributed by atoms with Crippen molar-refractivity contribution in [3.05, 3.63) is 28.3 Å². The van der Waals surface area contributed by atoms with Gasteiger partial charge in [0, 0.05) is 35.1 Å². The van der Waals surface area contributed by atoms with Crippen LogP contribution in [0.25, 0.3) is 4.96 Å². The van der Waals surface area contributed by atoms with E-state index in [1.165, 1.54) is 5.69 Å². The molecule has 0 aliphatic rings. The van der Waals surface area contributed by atoms with Gasteiger partial charge in [0.15, 0.2) is 9.30 Å². The van der Waals surface area contributed by atoms with Crippen LogP contribution in [0.2, 0.25) is 0 Å². The molecule has 7 heteroatoms. The van der Waals surface area contributed by atoms with Crippen molar-refractivity contribution in [3.63, 3.8) is 0 Å². The van der Waals surface area contributed by atoms with Gasteiger partial charge in [0.05, 0.1) is 5.69 Å². The minimum Gasteiger partial charge on any atom is -0.328 e. The molecule has 0 bridgehead atoms. The first kappa shape index (κ1) is 13.1. The van der Waals surface area contributed by atoms with Crippen LogP contribution in [0, 0.1) is 6.92 Å². The third-order valence-corrected chi connectivity index (χ3v) is 5.45. The van der Waals surface area contributed by atoms with E-state index in [4.69, 9.17) is 5.73 Å².